The van der Waals surface area contributed by atoms with Crippen LogP contribution in [-0.4, -0.2) is 36.2 Å². The molecule has 0 bridgehead atoms. The van der Waals surface area contributed by atoms with Crippen molar-refractivity contribution >= 4 is 39.6 Å². The summed E-state index contributed by atoms with van der Waals surface area (Å²) in [6.45, 7) is 1.84. The van der Waals surface area contributed by atoms with Crippen molar-refractivity contribution in [3.63, 3.8) is 0 Å². The topological polar surface area (TPSA) is 105 Å². The molecule has 3 N–H and O–H groups in total. The molecule has 0 fully saturated rings. The Morgan fingerprint density at radius 2 is 1.66 bits per heavy atom. The van der Waals surface area contributed by atoms with Gasteiger partial charge in [0.1, 0.15) is 6.61 Å². The van der Waals surface area contributed by atoms with Crippen LogP contribution >= 0.6 is 15.9 Å². The maximum Gasteiger partial charge on any atom is 0.407 e. The Morgan fingerprint density at radius 1 is 1.03 bits per heavy atom. The summed E-state index contributed by atoms with van der Waals surface area (Å²) in [6.07, 6.45) is -0.628. The van der Waals surface area contributed by atoms with Gasteiger partial charge in [0.15, 0.2) is 0 Å². The van der Waals surface area contributed by atoms with Crippen molar-refractivity contribution in [1.82, 2.24) is 5.32 Å². The fourth-order valence-electron chi connectivity index (χ4n) is 4.02. The number of fused-ring (bicyclic) bond motifs is 3. The lowest BCUT2D eigenvalue weighted by atomic mass is 9.98. The number of carbonyl (C=O) groups is 3. The minimum absolute atomic E-state index is 0.0239. The van der Waals surface area contributed by atoms with E-state index < -0.39 is 18.0 Å². The number of ether oxygens (including phenoxy) is 1. The lowest BCUT2D eigenvalue weighted by Crippen LogP contribution is -2.26. The lowest BCUT2D eigenvalue weighted by Gasteiger charge is -2.14. The SMILES string of the molecule is Cc1cc(Br)c(C(=O)O)cc1NC(=O)C#CCNC(=O)OCC1c2ccccc2-c2ccccc21. The van der Waals surface area contributed by atoms with Crippen molar-refractivity contribution in [2.24, 2.45) is 0 Å². The Kier molecular flexibility index (Phi) is 7.18. The van der Waals surface area contributed by atoms with Gasteiger partial charge in [0.25, 0.3) is 5.91 Å². The molecule has 1 aliphatic rings. The Morgan fingerprint density at radius 3 is 2.29 bits per heavy atom. The normalized spacial score (nSPS) is 11.5. The molecule has 1 aliphatic carbocycles. The second kappa shape index (κ2) is 10.5. The molecule has 0 radical (unpaired) electrons. The first kappa shape index (κ1) is 24.0. The van der Waals surface area contributed by atoms with Crippen molar-refractivity contribution in [3.05, 3.63) is 87.4 Å². The molecule has 35 heavy (non-hydrogen) atoms. The highest BCUT2D eigenvalue weighted by Gasteiger charge is 2.28. The van der Waals surface area contributed by atoms with Gasteiger partial charge in [-0.05, 0) is 68.7 Å². The third-order valence-electron chi connectivity index (χ3n) is 5.66. The fourth-order valence-corrected chi connectivity index (χ4v) is 4.64. The predicted octanol–water partition coefficient (Wildman–Crippen LogP) is 4.94. The number of amides is 2. The van der Waals surface area contributed by atoms with Gasteiger partial charge >= 0.3 is 12.1 Å². The van der Waals surface area contributed by atoms with E-state index in [0.29, 0.717) is 15.7 Å². The van der Waals surface area contributed by atoms with Gasteiger partial charge in [-0.1, -0.05) is 54.5 Å². The van der Waals surface area contributed by atoms with Crippen LogP contribution < -0.4 is 10.6 Å². The number of halogens is 1. The highest BCUT2D eigenvalue weighted by molar-refractivity contribution is 9.10. The summed E-state index contributed by atoms with van der Waals surface area (Å²) in [7, 11) is 0. The largest absolute Gasteiger partial charge is 0.478 e. The van der Waals surface area contributed by atoms with Crippen LogP contribution in [0.5, 0.6) is 0 Å². The maximum atomic E-state index is 12.2. The second-order valence-corrected chi connectivity index (χ2v) is 8.74. The number of hydrogen-bond acceptors (Lipinski definition) is 4. The zero-order valence-electron chi connectivity index (χ0n) is 18.7. The number of alkyl carbamates (subject to hydrolysis) is 1. The monoisotopic (exact) mass is 532 g/mol. The van der Waals surface area contributed by atoms with E-state index in [2.05, 4.69) is 50.5 Å². The van der Waals surface area contributed by atoms with E-state index >= 15 is 0 Å². The van der Waals surface area contributed by atoms with Crippen LogP contribution in [0.2, 0.25) is 0 Å². The third-order valence-corrected chi connectivity index (χ3v) is 6.32. The Labute approximate surface area is 210 Å². The van der Waals surface area contributed by atoms with E-state index in [1.54, 1.807) is 13.0 Å². The van der Waals surface area contributed by atoms with Crippen molar-refractivity contribution < 1.29 is 24.2 Å². The average Bonchev–Trinajstić information content (AvgIpc) is 3.16. The molecular formula is C27H21BrN2O5. The molecule has 0 aromatic heterocycles. The number of carboxylic acids is 1. The van der Waals surface area contributed by atoms with E-state index in [9.17, 15) is 19.5 Å². The van der Waals surface area contributed by atoms with Crippen molar-refractivity contribution in [2.45, 2.75) is 12.8 Å². The van der Waals surface area contributed by atoms with Crippen LogP contribution in [0, 0.1) is 18.8 Å². The van der Waals surface area contributed by atoms with Crippen LogP contribution in [0.1, 0.15) is 33.0 Å². The van der Waals surface area contributed by atoms with E-state index in [0.717, 1.165) is 22.3 Å². The van der Waals surface area contributed by atoms with E-state index in [1.165, 1.54) is 6.07 Å². The number of carboxylic acid groups (broad SMARTS) is 1. The quantitative estimate of drug-likeness (QED) is 0.404. The van der Waals surface area contributed by atoms with Gasteiger partial charge in [0, 0.05) is 16.1 Å². The van der Waals surface area contributed by atoms with Gasteiger partial charge in [-0.25, -0.2) is 9.59 Å². The average molecular weight is 533 g/mol. The first-order valence-corrected chi connectivity index (χ1v) is 11.6. The Bertz CT molecular complexity index is 1340. The summed E-state index contributed by atoms with van der Waals surface area (Å²) in [5.41, 5.74) is 5.56. The zero-order valence-corrected chi connectivity index (χ0v) is 20.3. The highest BCUT2D eigenvalue weighted by atomic mass is 79.9. The standard InChI is InChI=1S/C27H21BrN2O5/c1-16-13-23(28)21(26(32)33)14-24(16)30-25(31)11-6-12-29-27(34)35-15-22-19-9-4-2-7-17(19)18-8-3-5-10-20(18)22/h2-5,7-10,13-14,22H,12,15H2,1H3,(H,29,34)(H,30,31)(H,32,33). The fraction of sp³-hybridized carbons (Fsp3) is 0.148. The molecule has 0 saturated heterocycles. The van der Waals surface area contributed by atoms with Gasteiger partial charge in [-0.2, -0.15) is 0 Å². The summed E-state index contributed by atoms with van der Waals surface area (Å²) < 4.78 is 5.84. The number of nitrogens with one attached hydrogen (secondary N) is 2. The Balaban J connectivity index is 1.30. The number of aryl methyl sites for hydroxylation is 1. The smallest absolute Gasteiger partial charge is 0.407 e. The molecule has 3 aromatic carbocycles. The van der Waals surface area contributed by atoms with Gasteiger partial charge in [-0.3, -0.25) is 4.79 Å². The molecule has 4 rings (SSSR count). The zero-order chi connectivity index (χ0) is 24.9. The number of benzene rings is 3. The van der Waals surface area contributed by atoms with Gasteiger partial charge in [0.2, 0.25) is 0 Å². The van der Waals surface area contributed by atoms with Crippen molar-refractivity contribution in [3.8, 4) is 23.0 Å². The maximum absolute atomic E-state index is 12.2. The van der Waals surface area contributed by atoms with E-state index in [4.69, 9.17) is 4.74 Å². The summed E-state index contributed by atoms with van der Waals surface area (Å²) in [6, 6.07) is 19.1. The number of hydrogen-bond donors (Lipinski definition) is 3. The Hall–Kier alpha value is -4.09. The highest BCUT2D eigenvalue weighted by Crippen LogP contribution is 2.44. The molecule has 8 heteroatoms. The minimum atomic E-state index is -1.12. The van der Waals surface area contributed by atoms with Crippen molar-refractivity contribution in [1.29, 1.82) is 0 Å². The molecule has 0 unspecified atom stereocenters. The number of anilines is 1. The summed E-state index contributed by atoms with van der Waals surface area (Å²) in [4.78, 5) is 35.6. The van der Waals surface area contributed by atoms with Crippen LogP contribution in [0.4, 0.5) is 10.5 Å². The molecular weight excluding hydrogens is 512 g/mol. The first-order chi connectivity index (χ1) is 16.8. The van der Waals surface area contributed by atoms with Crippen molar-refractivity contribution in [2.75, 3.05) is 18.5 Å². The second-order valence-electron chi connectivity index (χ2n) is 7.89. The molecule has 176 valence electrons. The molecule has 2 amide bonds. The van der Waals surface area contributed by atoms with Crippen LogP contribution in [0.15, 0.2) is 65.1 Å². The molecule has 0 heterocycles. The molecule has 0 saturated carbocycles. The van der Waals surface area contributed by atoms with Gasteiger partial charge in [-0.15, -0.1) is 0 Å². The van der Waals surface area contributed by atoms with Crippen LogP contribution in [0.25, 0.3) is 11.1 Å². The van der Waals surface area contributed by atoms with E-state index in [1.807, 2.05) is 36.4 Å². The molecule has 0 spiro atoms. The third kappa shape index (κ3) is 5.36. The number of carbonyl (C=O) groups excluding carboxylic acids is 2. The predicted molar refractivity (Wildman–Crippen MR) is 135 cm³/mol. The van der Waals surface area contributed by atoms with E-state index in [-0.39, 0.29) is 24.6 Å². The summed E-state index contributed by atoms with van der Waals surface area (Å²) in [5.74, 6) is 3.14. The molecule has 3 aromatic rings. The van der Waals surface area contributed by atoms with Gasteiger partial charge in [0.05, 0.1) is 12.1 Å². The molecule has 0 aliphatic heterocycles. The van der Waals surface area contributed by atoms with Crippen LogP contribution in [0.3, 0.4) is 0 Å². The molecule has 0 atom stereocenters. The minimum Gasteiger partial charge on any atom is -0.478 e. The number of rotatable bonds is 5. The molecule has 7 nitrogen and oxygen atoms in total. The summed E-state index contributed by atoms with van der Waals surface area (Å²) in [5, 5.41) is 14.3. The van der Waals surface area contributed by atoms with Crippen LogP contribution in [-0.2, 0) is 9.53 Å². The van der Waals surface area contributed by atoms with Gasteiger partial charge < -0.3 is 20.5 Å². The lowest BCUT2D eigenvalue weighted by molar-refractivity contribution is -0.111. The summed E-state index contributed by atoms with van der Waals surface area (Å²) >= 11 is 3.19. The first-order valence-electron chi connectivity index (χ1n) is 10.8. The number of aromatic carboxylic acids is 1.